The summed E-state index contributed by atoms with van der Waals surface area (Å²) < 4.78 is 31.5. The Kier molecular flexibility index (Phi) is 4.15. The molecule has 2 rings (SSSR count). The van der Waals surface area contributed by atoms with Crippen molar-refractivity contribution in [2.75, 3.05) is 10.8 Å². The fraction of sp³-hybridized carbons (Fsp3) is 0.286. The second-order valence-electron chi connectivity index (χ2n) is 4.38. The lowest BCUT2D eigenvalue weighted by atomic mass is 10.2. The third-order valence-corrected chi connectivity index (χ3v) is 4.72. The lowest BCUT2D eigenvalue weighted by Gasteiger charge is -2.21. The summed E-state index contributed by atoms with van der Waals surface area (Å²) in [7, 11) is -3.75. The average molecular weight is 295 g/mol. The molecule has 1 N–H and O–H groups in total. The van der Waals surface area contributed by atoms with Gasteiger partial charge in [0.05, 0.1) is 5.69 Å². The van der Waals surface area contributed by atoms with Crippen molar-refractivity contribution in [3.8, 4) is 0 Å². The number of anilines is 1. The van der Waals surface area contributed by atoms with Crippen LogP contribution in [0.4, 0.5) is 5.69 Å². The lowest BCUT2D eigenvalue weighted by molar-refractivity contribution is 0.236. The fourth-order valence-electron chi connectivity index (χ4n) is 1.89. The zero-order chi connectivity index (χ0) is 14.8. The van der Waals surface area contributed by atoms with Crippen LogP contribution in [-0.2, 0) is 16.6 Å². The first-order chi connectivity index (χ1) is 9.48. The summed E-state index contributed by atoms with van der Waals surface area (Å²) in [5, 5.41) is 8.79. The van der Waals surface area contributed by atoms with Crippen molar-refractivity contribution in [3.05, 3.63) is 47.7 Å². The van der Waals surface area contributed by atoms with E-state index in [1.165, 1.54) is 16.4 Å². The van der Waals surface area contributed by atoms with Gasteiger partial charge in [0.25, 0.3) is 10.0 Å². The molecule has 0 bridgehead atoms. The van der Waals surface area contributed by atoms with E-state index in [1.54, 1.807) is 19.1 Å². The minimum Gasteiger partial charge on any atom is -0.445 e. The summed E-state index contributed by atoms with van der Waals surface area (Å²) in [5.74, 6) is 0.225. The Morgan fingerprint density at radius 1 is 1.15 bits per heavy atom. The first kappa shape index (κ1) is 14.6. The first-order valence-electron chi connectivity index (χ1n) is 6.28. The monoisotopic (exact) mass is 295 g/mol. The van der Waals surface area contributed by atoms with Crippen molar-refractivity contribution >= 4 is 15.7 Å². The Bertz CT molecular complexity index is 673. The van der Waals surface area contributed by atoms with Gasteiger partial charge in [-0.2, -0.15) is 8.42 Å². The highest BCUT2D eigenvalue weighted by molar-refractivity contribution is 7.92. The molecule has 20 heavy (non-hydrogen) atoms. The van der Waals surface area contributed by atoms with Crippen LogP contribution in [0.15, 0.2) is 45.9 Å². The van der Waals surface area contributed by atoms with Gasteiger partial charge in [-0.3, -0.25) is 4.31 Å². The number of furan rings is 1. The van der Waals surface area contributed by atoms with Gasteiger partial charge < -0.3 is 9.52 Å². The van der Waals surface area contributed by atoms with E-state index in [4.69, 9.17) is 9.52 Å². The van der Waals surface area contributed by atoms with E-state index in [-0.39, 0.29) is 17.5 Å². The molecule has 1 aromatic carbocycles. The van der Waals surface area contributed by atoms with Crippen molar-refractivity contribution in [2.45, 2.75) is 25.5 Å². The Morgan fingerprint density at radius 3 is 2.30 bits per heavy atom. The third kappa shape index (κ3) is 2.71. The Balaban J connectivity index is 2.41. The van der Waals surface area contributed by atoms with E-state index in [9.17, 15) is 8.42 Å². The quantitative estimate of drug-likeness (QED) is 0.918. The average Bonchev–Trinajstić information content (AvgIpc) is 2.91. The summed E-state index contributed by atoms with van der Waals surface area (Å²) in [6, 6.07) is 10.0. The number of benzene rings is 1. The van der Waals surface area contributed by atoms with E-state index < -0.39 is 10.0 Å². The number of aliphatic hydroxyl groups excluding tert-OH is 1. The molecule has 108 valence electrons. The van der Waals surface area contributed by atoms with Gasteiger partial charge in [0.2, 0.25) is 5.09 Å². The van der Waals surface area contributed by atoms with Crippen molar-refractivity contribution in [1.29, 1.82) is 0 Å². The number of hydrogen-bond donors (Lipinski definition) is 1. The van der Waals surface area contributed by atoms with Crippen LogP contribution in [0.1, 0.15) is 18.2 Å². The molecule has 0 radical (unpaired) electrons. The van der Waals surface area contributed by atoms with E-state index in [0.717, 1.165) is 5.56 Å². The van der Waals surface area contributed by atoms with Crippen LogP contribution in [0.5, 0.6) is 0 Å². The second-order valence-corrected chi connectivity index (χ2v) is 6.18. The van der Waals surface area contributed by atoms with Gasteiger partial charge in [0, 0.05) is 6.54 Å². The Labute approximate surface area is 118 Å². The molecule has 1 heterocycles. The molecule has 1 aromatic heterocycles. The zero-order valence-electron chi connectivity index (χ0n) is 11.4. The fourth-order valence-corrected chi connectivity index (χ4v) is 3.30. The Hall–Kier alpha value is -1.79. The highest BCUT2D eigenvalue weighted by Crippen LogP contribution is 2.25. The highest BCUT2D eigenvalue weighted by Gasteiger charge is 2.26. The SMILES string of the molecule is CCN(c1ccc(C)cc1)S(=O)(=O)c1ccc(CO)o1. The van der Waals surface area contributed by atoms with Crippen LogP contribution in [-0.4, -0.2) is 20.1 Å². The van der Waals surface area contributed by atoms with Crippen LogP contribution >= 0.6 is 0 Å². The molecular weight excluding hydrogens is 278 g/mol. The molecule has 5 nitrogen and oxygen atoms in total. The van der Waals surface area contributed by atoms with Gasteiger partial charge in [0.1, 0.15) is 12.4 Å². The number of aliphatic hydroxyl groups is 1. The molecule has 0 aliphatic carbocycles. The number of sulfonamides is 1. The van der Waals surface area contributed by atoms with Crippen LogP contribution in [0.3, 0.4) is 0 Å². The topological polar surface area (TPSA) is 70.8 Å². The minimum absolute atomic E-state index is 0.163. The molecule has 6 heteroatoms. The smallest absolute Gasteiger partial charge is 0.297 e. The lowest BCUT2D eigenvalue weighted by Crippen LogP contribution is -2.30. The minimum atomic E-state index is -3.75. The van der Waals surface area contributed by atoms with Crippen molar-refractivity contribution in [2.24, 2.45) is 0 Å². The predicted molar refractivity (Wildman–Crippen MR) is 76.0 cm³/mol. The van der Waals surface area contributed by atoms with Gasteiger partial charge in [0.15, 0.2) is 0 Å². The molecular formula is C14H17NO4S. The molecule has 0 aliphatic rings. The van der Waals surface area contributed by atoms with Crippen LogP contribution in [0.25, 0.3) is 0 Å². The number of nitrogens with zero attached hydrogens (tertiary/aromatic N) is 1. The van der Waals surface area contributed by atoms with E-state index in [2.05, 4.69) is 0 Å². The Morgan fingerprint density at radius 2 is 1.80 bits per heavy atom. The molecule has 0 amide bonds. The maximum absolute atomic E-state index is 12.5. The largest absolute Gasteiger partial charge is 0.445 e. The molecule has 0 saturated carbocycles. The van der Waals surface area contributed by atoms with Gasteiger partial charge >= 0.3 is 0 Å². The van der Waals surface area contributed by atoms with E-state index in [0.29, 0.717) is 12.2 Å². The summed E-state index contributed by atoms with van der Waals surface area (Å²) in [6.45, 7) is 3.66. The summed E-state index contributed by atoms with van der Waals surface area (Å²) in [4.78, 5) is 0. The number of rotatable bonds is 5. The third-order valence-electron chi connectivity index (χ3n) is 2.95. The molecule has 0 spiro atoms. The zero-order valence-corrected chi connectivity index (χ0v) is 12.2. The van der Waals surface area contributed by atoms with Crippen molar-refractivity contribution in [3.63, 3.8) is 0 Å². The molecule has 2 aromatic rings. The predicted octanol–water partition coefficient (Wildman–Crippen LogP) is 2.30. The highest BCUT2D eigenvalue weighted by atomic mass is 32.2. The van der Waals surface area contributed by atoms with Gasteiger partial charge in [-0.1, -0.05) is 17.7 Å². The standard InChI is InChI=1S/C14H17NO4S/c1-3-15(12-6-4-11(2)5-7-12)20(17,18)14-9-8-13(10-16)19-14/h4-9,16H,3,10H2,1-2H3. The van der Waals surface area contributed by atoms with Crippen LogP contribution < -0.4 is 4.31 Å². The summed E-state index contributed by atoms with van der Waals surface area (Å²) in [5.41, 5.74) is 1.64. The molecule has 0 aliphatic heterocycles. The van der Waals surface area contributed by atoms with E-state index >= 15 is 0 Å². The van der Waals surface area contributed by atoms with Crippen LogP contribution in [0, 0.1) is 6.92 Å². The van der Waals surface area contributed by atoms with Crippen molar-refractivity contribution in [1.82, 2.24) is 0 Å². The van der Waals surface area contributed by atoms with Crippen molar-refractivity contribution < 1.29 is 17.9 Å². The molecule has 0 atom stereocenters. The summed E-state index contributed by atoms with van der Waals surface area (Å²) in [6.07, 6.45) is 0. The maximum atomic E-state index is 12.5. The number of hydrogen-bond acceptors (Lipinski definition) is 4. The maximum Gasteiger partial charge on any atom is 0.297 e. The number of aryl methyl sites for hydroxylation is 1. The van der Waals surface area contributed by atoms with Gasteiger partial charge in [-0.15, -0.1) is 0 Å². The van der Waals surface area contributed by atoms with Gasteiger partial charge in [-0.05, 0) is 38.1 Å². The molecule has 0 fully saturated rings. The summed E-state index contributed by atoms with van der Waals surface area (Å²) >= 11 is 0. The second kappa shape index (κ2) is 5.68. The van der Waals surface area contributed by atoms with E-state index in [1.807, 2.05) is 19.1 Å². The molecule has 0 saturated heterocycles. The molecule has 0 unspecified atom stereocenters. The normalized spacial score (nSPS) is 11.6. The van der Waals surface area contributed by atoms with Gasteiger partial charge in [-0.25, -0.2) is 0 Å². The first-order valence-corrected chi connectivity index (χ1v) is 7.72. The van der Waals surface area contributed by atoms with Crippen LogP contribution in [0.2, 0.25) is 0 Å².